The summed E-state index contributed by atoms with van der Waals surface area (Å²) in [5, 5.41) is 3.40. The molecule has 106 valence electrons. The Morgan fingerprint density at radius 1 is 1.30 bits per heavy atom. The Kier molecular flexibility index (Phi) is 4.38. The van der Waals surface area contributed by atoms with Crippen LogP contribution in [-0.2, 0) is 0 Å². The fourth-order valence-electron chi connectivity index (χ4n) is 2.63. The van der Waals surface area contributed by atoms with Crippen molar-refractivity contribution in [2.24, 2.45) is 0 Å². The fraction of sp³-hybridized carbons (Fsp3) is 0.400. The maximum Gasteiger partial charge on any atom is 0.126 e. The molecule has 1 unspecified atom stereocenters. The third-order valence-electron chi connectivity index (χ3n) is 3.66. The summed E-state index contributed by atoms with van der Waals surface area (Å²) in [5.41, 5.74) is 0. The molecule has 2 aromatic heterocycles. The quantitative estimate of drug-likeness (QED) is 0.904. The highest BCUT2D eigenvalue weighted by Gasteiger charge is 2.25. The molecule has 1 atom stereocenters. The van der Waals surface area contributed by atoms with Crippen LogP contribution in [-0.4, -0.2) is 29.5 Å². The van der Waals surface area contributed by atoms with Crippen LogP contribution in [0.1, 0.15) is 24.6 Å². The van der Waals surface area contributed by atoms with Crippen LogP contribution in [0.15, 0.2) is 45.6 Å². The first-order chi connectivity index (χ1) is 9.83. The molecule has 2 aromatic rings. The van der Waals surface area contributed by atoms with Crippen LogP contribution in [0.5, 0.6) is 0 Å². The van der Waals surface area contributed by atoms with Gasteiger partial charge in [0.25, 0.3) is 0 Å². The molecule has 0 spiro atoms. The predicted molar refractivity (Wildman–Crippen MR) is 82.7 cm³/mol. The SMILES string of the molecule is Brc1ccc(NCC(c2ccco2)N2CCCC2)nc1. The zero-order chi connectivity index (χ0) is 13.8. The van der Waals surface area contributed by atoms with Crippen LogP contribution in [0.4, 0.5) is 5.82 Å². The Labute approximate surface area is 127 Å². The van der Waals surface area contributed by atoms with Gasteiger partial charge in [0.15, 0.2) is 0 Å². The number of halogens is 1. The lowest BCUT2D eigenvalue weighted by Crippen LogP contribution is -2.30. The van der Waals surface area contributed by atoms with Gasteiger partial charge in [-0.25, -0.2) is 4.98 Å². The molecule has 3 heterocycles. The minimum absolute atomic E-state index is 0.276. The predicted octanol–water partition coefficient (Wildman–Crippen LogP) is 3.69. The van der Waals surface area contributed by atoms with Gasteiger partial charge in [-0.2, -0.15) is 0 Å². The van der Waals surface area contributed by atoms with Crippen molar-refractivity contribution in [2.75, 3.05) is 25.0 Å². The minimum Gasteiger partial charge on any atom is -0.468 e. The zero-order valence-corrected chi connectivity index (χ0v) is 12.8. The Bertz CT molecular complexity index is 521. The Hall–Kier alpha value is -1.33. The number of pyridine rings is 1. The minimum atomic E-state index is 0.276. The second-order valence-electron chi connectivity index (χ2n) is 5.02. The van der Waals surface area contributed by atoms with Crippen molar-refractivity contribution in [1.29, 1.82) is 0 Å². The number of aromatic nitrogens is 1. The van der Waals surface area contributed by atoms with Gasteiger partial charge in [-0.15, -0.1) is 0 Å². The molecule has 0 aliphatic carbocycles. The molecule has 4 nitrogen and oxygen atoms in total. The molecule has 1 N–H and O–H groups in total. The second-order valence-corrected chi connectivity index (χ2v) is 5.93. The van der Waals surface area contributed by atoms with Crippen LogP contribution >= 0.6 is 15.9 Å². The number of likely N-dealkylation sites (tertiary alicyclic amines) is 1. The molecule has 0 radical (unpaired) electrons. The van der Waals surface area contributed by atoms with Crippen LogP contribution in [0.3, 0.4) is 0 Å². The van der Waals surface area contributed by atoms with Gasteiger partial charge < -0.3 is 9.73 Å². The van der Waals surface area contributed by atoms with Crippen molar-refractivity contribution in [3.8, 4) is 0 Å². The van der Waals surface area contributed by atoms with Crippen molar-refractivity contribution in [2.45, 2.75) is 18.9 Å². The van der Waals surface area contributed by atoms with E-state index in [9.17, 15) is 0 Å². The number of hydrogen-bond donors (Lipinski definition) is 1. The average Bonchev–Trinajstić information content (AvgIpc) is 3.14. The van der Waals surface area contributed by atoms with Gasteiger partial charge in [0.1, 0.15) is 11.6 Å². The number of nitrogens with one attached hydrogen (secondary N) is 1. The Morgan fingerprint density at radius 3 is 2.80 bits per heavy atom. The summed E-state index contributed by atoms with van der Waals surface area (Å²) < 4.78 is 6.60. The first-order valence-corrected chi connectivity index (χ1v) is 7.75. The van der Waals surface area contributed by atoms with Crippen molar-refractivity contribution >= 4 is 21.7 Å². The molecule has 1 saturated heterocycles. The van der Waals surface area contributed by atoms with Crippen molar-refractivity contribution in [3.63, 3.8) is 0 Å². The summed E-state index contributed by atoms with van der Waals surface area (Å²) in [6.07, 6.45) is 6.10. The molecular weight excluding hydrogens is 318 g/mol. The van der Waals surface area contributed by atoms with Crippen molar-refractivity contribution in [3.05, 3.63) is 47.0 Å². The van der Waals surface area contributed by atoms with Gasteiger partial charge in [0.2, 0.25) is 0 Å². The highest BCUT2D eigenvalue weighted by atomic mass is 79.9. The molecule has 0 amide bonds. The van der Waals surface area contributed by atoms with E-state index in [-0.39, 0.29) is 6.04 Å². The summed E-state index contributed by atoms with van der Waals surface area (Å²) in [6, 6.07) is 8.26. The molecule has 1 aliphatic rings. The van der Waals surface area contributed by atoms with Crippen LogP contribution < -0.4 is 5.32 Å². The molecule has 0 saturated carbocycles. The number of rotatable bonds is 5. The second kappa shape index (κ2) is 6.41. The molecule has 5 heteroatoms. The Morgan fingerprint density at radius 2 is 2.15 bits per heavy atom. The first-order valence-electron chi connectivity index (χ1n) is 6.96. The molecule has 20 heavy (non-hydrogen) atoms. The highest BCUT2D eigenvalue weighted by molar-refractivity contribution is 9.10. The van der Waals surface area contributed by atoms with Gasteiger partial charge in [-0.1, -0.05) is 0 Å². The van der Waals surface area contributed by atoms with Crippen molar-refractivity contribution < 1.29 is 4.42 Å². The number of anilines is 1. The highest BCUT2D eigenvalue weighted by Crippen LogP contribution is 2.25. The molecule has 1 aliphatic heterocycles. The zero-order valence-electron chi connectivity index (χ0n) is 11.3. The standard InChI is InChI=1S/C15H18BrN3O/c16-12-5-6-15(17-10-12)18-11-13(14-4-3-9-20-14)19-7-1-2-8-19/h3-6,9-10,13H,1-2,7-8,11H2,(H,17,18). The maximum atomic E-state index is 5.61. The summed E-state index contributed by atoms with van der Waals surface area (Å²) in [6.45, 7) is 3.09. The van der Waals surface area contributed by atoms with Crippen LogP contribution in [0, 0.1) is 0 Å². The maximum absolute atomic E-state index is 5.61. The fourth-order valence-corrected chi connectivity index (χ4v) is 2.86. The third-order valence-corrected chi connectivity index (χ3v) is 4.13. The first kappa shape index (κ1) is 13.6. The molecule has 3 rings (SSSR count). The van der Waals surface area contributed by atoms with Gasteiger partial charge in [0.05, 0.1) is 12.3 Å². The Balaban J connectivity index is 1.68. The van der Waals surface area contributed by atoms with Crippen molar-refractivity contribution in [1.82, 2.24) is 9.88 Å². The summed E-state index contributed by atoms with van der Waals surface area (Å²) in [4.78, 5) is 6.83. The average molecular weight is 336 g/mol. The number of hydrogen-bond acceptors (Lipinski definition) is 4. The third kappa shape index (κ3) is 3.22. The van der Waals surface area contributed by atoms with Gasteiger partial charge in [-0.3, -0.25) is 4.90 Å². The van der Waals surface area contributed by atoms with Crippen LogP contribution in [0.2, 0.25) is 0 Å². The summed E-state index contributed by atoms with van der Waals surface area (Å²) >= 11 is 3.40. The number of nitrogens with zero attached hydrogens (tertiary/aromatic N) is 2. The van der Waals surface area contributed by atoms with Crippen LogP contribution in [0.25, 0.3) is 0 Å². The lowest BCUT2D eigenvalue weighted by molar-refractivity contribution is 0.225. The van der Waals surface area contributed by atoms with E-state index in [1.165, 1.54) is 12.8 Å². The largest absolute Gasteiger partial charge is 0.468 e. The monoisotopic (exact) mass is 335 g/mol. The molecular formula is C15H18BrN3O. The topological polar surface area (TPSA) is 41.3 Å². The van der Waals surface area contributed by atoms with E-state index < -0.39 is 0 Å². The summed E-state index contributed by atoms with van der Waals surface area (Å²) in [7, 11) is 0. The van der Waals surface area contributed by atoms with Gasteiger partial charge in [0, 0.05) is 17.2 Å². The van der Waals surface area contributed by atoms with E-state index in [0.717, 1.165) is 35.7 Å². The lowest BCUT2D eigenvalue weighted by Gasteiger charge is -2.26. The van der Waals surface area contributed by atoms with Gasteiger partial charge in [-0.05, 0) is 66.1 Å². The molecule has 1 fully saturated rings. The summed E-state index contributed by atoms with van der Waals surface area (Å²) in [5.74, 6) is 1.92. The lowest BCUT2D eigenvalue weighted by atomic mass is 10.2. The van der Waals surface area contributed by atoms with E-state index in [4.69, 9.17) is 4.42 Å². The van der Waals surface area contributed by atoms with E-state index in [1.807, 2.05) is 18.2 Å². The normalized spacial score (nSPS) is 17.2. The van der Waals surface area contributed by atoms with Gasteiger partial charge >= 0.3 is 0 Å². The molecule has 0 aromatic carbocycles. The van der Waals surface area contributed by atoms with E-state index in [2.05, 4.69) is 37.2 Å². The van der Waals surface area contributed by atoms with E-state index >= 15 is 0 Å². The smallest absolute Gasteiger partial charge is 0.126 e. The molecule has 0 bridgehead atoms. The van der Waals surface area contributed by atoms with E-state index in [1.54, 1.807) is 12.5 Å². The van der Waals surface area contributed by atoms with E-state index in [0.29, 0.717) is 0 Å². The number of furan rings is 1.